The maximum Gasteiger partial charge on any atom is 0.125 e. The van der Waals surface area contributed by atoms with Gasteiger partial charge in [-0.15, -0.1) is 0 Å². The van der Waals surface area contributed by atoms with Crippen LogP contribution in [0.3, 0.4) is 0 Å². The summed E-state index contributed by atoms with van der Waals surface area (Å²) in [6.07, 6.45) is 3.74. The quantitative estimate of drug-likeness (QED) is 0.892. The number of piperidine rings is 1. The molecule has 1 saturated heterocycles. The molecule has 2 rings (SSSR count). The molecule has 1 heterocycles. The van der Waals surface area contributed by atoms with Crippen LogP contribution in [-0.2, 0) is 6.54 Å². The van der Waals surface area contributed by atoms with Crippen molar-refractivity contribution in [1.82, 2.24) is 10.2 Å². The molecule has 1 aromatic rings. The Morgan fingerprint density at radius 1 is 1.32 bits per heavy atom. The first-order chi connectivity index (χ1) is 9.17. The highest BCUT2D eigenvalue weighted by Gasteiger charge is 2.18. The lowest BCUT2D eigenvalue weighted by atomic mass is 9.93. The molecule has 0 bridgehead atoms. The zero-order chi connectivity index (χ0) is 13.7. The molecule has 0 aromatic heterocycles. The lowest BCUT2D eigenvalue weighted by Crippen LogP contribution is -2.34. The highest BCUT2D eigenvalue weighted by molar-refractivity contribution is 6.30. The highest BCUT2D eigenvalue weighted by Crippen LogP contribution is 2.22. The monoisotopic (exact) mass is 284 g/mol. The summed E-state index contributed by atoms with van der Waals surface area (Å²) in [6.45, 7) is 4.10. The molecule has 0 unspecified atom stereocenters. The molecular weight excluding hydrogens is 263 g/mol. The van der Waals surface area contributed by atoms with Crippen molar-refractivity contribution in [2.75, 3.05) is 26.7 Å². The van der Waals surface area contributed by atoms with Crippen molar-refractivity contribution in [3.8, 4) is 0 Å². The number of nitrogens with one attached hydrogen (secondary N) is 1. The summed E-state index contributed by atoms with van der Waals surface area (Å²) in [4.78, 5) is 2.39. The van der Waals surface area contributed by atoms with Crippen LogP contribution in [0.2, 0.25) is 5.02 Å². The molecule has 4 heteroatoms. The maximum absolute atomic E-state index is 13.3. The van der Waals surface area contributed by atoms with Gasteiger partial charge < -0.3 is 5.32 Å². The zero-order valence-corrected chi connectivity index (χ0v) is 12.2. The minimum Gasteiger partial charge on any atom is -0.320 e. The summed E-state index contributed by atoms with van der Waals surface area (Å²) in [5.74, 6) is 0.589. The van der Waals surface area contributed by atoms with Gasteiger partial charge in [0.05, 0.1) is 0 Å². The third-order valence-electron chi connectivity index (χ3n) is 3.84. The van der Waals surface area contributed by atoms with Gasteiger partial charge in [-0.3, -0.25) is 4.90 Å². The second-order valence-corrected chi connectivity index (χ2v) is 5.83. The largest absolute Gasteiger partial charge is 0.320 e. The molecule has 2 nitrogen and oxygen atoms in total. The maximum atomic E-state index is 13.3. The van der Waals surface area contributed by atoms with Gasteiger partial charge in [-0.1, -0.05) is 11.6 Å². The van der Waals surface area contributed by atoms with Crippen LogP contribution in [0.1, 0.15) is 24.8 Å². The highest BCUT2D eigenvalue weighted by atomic mass is 35.5. The summed E-state index contributed by atoms with van der Waals surface area (Å²) in [7, 11) is 2.00. The predicted octanol–water partition coefficient (Wildman–Crippen LogP) is 3.30. The van der Waals surface area contributed by atoms with Crippen LogP contribution in [0, 0.1) is 11.7 Å². The van der Waals surface area contributed by atoms with Crippen LogP contribution in [0.15, 0.2) is 18.2 Å². The molecule has 0 saturated carbocycles. The molecule has 106 valence electrons. The number of likely N-dealkylation sites (tertiary alicyclic amines) is 1. The van der Waals surface area contributed by atoms with E-state index in [9.17, 15) is 4.39 Å². The average Bonchev–Trinajstić information content (AvgIpc) is 2.37. The number of hydrogen-bond acceptors (Lipinski definition) is 2. The van der Waals surface area contributed by atoms with E-state index in [1.54, 1.807) is 6.07 Å². The van der Waals surface area contributed by atoms with E-state index in [2.05, 4.69) is 10.2 Å². The van der Waals surface area contributed by atoms with Crippen molar-refractivity contribution in [3.63, 3.8) is 0 Å². The van der Waals surface area contributed by atoms with Gasteiger partial charge in [0.1, 0.15) is 5.82 Å². The van der Waals surface area contributed by atoms with Crippen molar-refractivity contribution in [1.29, 1.82) is 0 Å². The normalized spacial score (nSPS) is 17.8. The van der Waals surface area contributed by atoms with Crippen molar-refractivity contribution in [3.05, 3.63) is 34.6 Å². The Balaban J connectivity index is 1.82. The molecule has 0 spiro atoms. The number of rotatable bonds is 5. The predicted molar refractivity (Wildman–Crippen MR) is 78.0 cm³/mol. The van der Waals surface area contributed by atoms with Crippen molar-refractivity contribution < 1.29 is 4.39 Å². The average molecular weight is 285 g/mol. The molecule has 1 fully saturated rings. The second-order valence-electron chi connectivity index (χ2n) is 5.39. The van der Waals surface area contributed by atoms with Crippen LogP contribution in [-0.4, -0.2) is 31.6 Å². The third-order valence-corrected chi connectivity index (χ3v) is 4.06. The van der Waals surface area contributed by atoms with Gasteiger partial charge in [0.15, 0.2) is 0 Å². The summed E-state index contributed by atoms with van der Waals surface area (Å²) in [6, 6.07) is 4.80. The van der Waals surface area contributed by atoms with E-state index in [-0.39, 0.29) is 5.82 Å². The number of nitrogens with zero attached hydrogens (tertiary/aromatic N) is 1. The van der Waals surface area contributed by atoms with Crippen LogP contribution >= 0.6 is 11.6 Å². The van der Waals surface area contributed by atoms with Gasteiger partial charge in [0.25, 0.3) is 0 Å². The van der Waals surface area contributed by atoms with Crippen molar-refractivity contribution in [2.45, 2.75) is 25.8 Å². The van der Waals surface area contributed by atoms with Crippen molar-refractivity contribution in [2.24, 2.45) is 5.92 Å². The topological polar surface area (TPSA) is 15.3 Å². The van der Waals surface area contributed by atoms with Crippen molar-refractivity contribution >= 4 is 11.6 Å². The minimum absolute atomic E-state index is 0.244. The summed E-state index contributed by atoms with van der Waals surface area (Å²) in [5, 5.41) is 3.69. The van der Waals surface area contributed by atoms with Crippen LogP contribution in [0.25, 0.3) is 0 Å². The molecule has 1 aromatic carbocycles. The van der Waals surface area contributed by atoms with Crippen LogP contribution in [0.4, 0.5) is 4.39 Å². The number of benzene rings is 1. The van der Waals surface area contributed by atoms with E-state index in [0.29, 0.717) is 5.02 Å². The fourth-order valence-corrected chi connectivity index (χ4v) is 2.99. The molecule has 1 N–H and O–H groups in total. The molecule has 0 radical (unpaired) electrons. The van der Waals surface area contributed by atoms with Gasteiger partial charge in [-0.25, -0.2) is 4.39 Å². The summed E-state index contributed by atoms with van der Waals surface area (Å²) >= 11 is 5.88. The fraction of sp³-hybridized carbons (Fsp3) is 0.600. The van der Waals surface area contributed by atoms with Crippen LogP contribution in [0.5, 0.6) is 0 Å². The van der Waals surface area contributed by atoms with Gasteiger partial charge in [0.2, 0.25) is 0 Å². The Morgan fingerprint density at radius 3 is 2.68 bits per heavy atom. The Hall–Kier alpha value is -0.640. The van der Waals surface area contributed by atoms with Gasteiger partial charge in [-0.05, 0) is 75.6 Å². The Bertz CT molecular complexity index is 383. The molecule has 19 heavy (non-hydrogen) atoms. The van der Waals surface area contributed by atoms with E-state index >= 15 is 0 Å². The number of hydrogen-bond donors (Lipinski definition) is 1. The van der Waals surface area contributed by atoms with Gasteiger partial charge >= 0.3 is 0 Å². The molecule has 1 aliphatic heterocycles. The standard InChI is InChI=1S/C15H22ClFN2/c1-18-5-2-12-3-6-19(7-4-12)11-13-8-14(16)10-15(17)9-13/h8-10,12,18H,2-7,11H2,1H3. The van der Waals surface area contributed by atoms with E-state index in [1.807, 2.05) is 13.1 Å². The Labute approximate surface area is 119 Å². The lowest BCUT2D eigenvalue weighted by molar-refractivity contribution is 0.172. The van der Waals surface area contributed by atoms with E-state index in [1.165, 1.54) is 25.3 Å². The second kappa shape index (κ2) is 7.22. The molecule has 0 aliphatic carbocycles. The molecular formula is C15H22ClFN2. The molecule has 1 aliphatic rings. The van der Waals surface area contributed by atoms with E-state index < -0.39 is 0 Å². The first kappa shape index (κ1) is 14.8. The van der Waals surface area contributed by atoms with E-state index in [0.717, 1.165) is 37.7 Å². The number of halogens is 2. The van der Waals surface area contributed by atoms with E-state index in [4.69, 9.17) is 11.6 Å². The lowest BCUT2D eigenvalue weighted by Gasteiger charge is -2.32. The zero-order valence-electron chi connectivity index (χ0n) is 11.5. The first-order valence-corrected chi connectivity index (χ1v) is 7.37. The van der Waals surface area contributed by atoms with Gasteiger partial charge in [-0.2, -0.15) is 0 Å². The fourth-order valence-electron chi connectivity index (χ4n) is 2.74. The molecule has 0 amide bonds. The Morgan fingerprint density at radius 2 is 2.05 bits per heavy atom. The Kier molecular flexibility index (Phi) is 5.61. The molecule has 0 atom stereocenters. The first-order valence-electron chi connectivity index (χ1n) is 6.99. The van der Waals surface area contributed by atoms with Gasteiger partial charge in [0, 0.05) is 11.6 Å². The third kappa shape index (κ3) is 4.75. The summed E-state index contributed by atoms with van der Waals surface area (Å²) < 4.78 is 13.3. The van der Waals surface area contributed by atoms with Crippen LogP contribution < -0.4 is 5.32 Å². The SMILES string of the molecule is CNCCC1CCN(Cc2cc(F)cc(Cl)c2)CC1. The summed E-state index contributed by atoms with van der Waals surface area (Å²) in [5.41, 5.74) is 0.971. The smallest absolute Gasteiger partial charge is 0.125 e. The minimum atomic E-state index is -0.244.